The molecule has 1 atom stereocenters. The van der Waals surface area contributed by atoms with Gasteiger partial charge in [0.1, 0.15) is 5.69 Å². The highest BCUT2D eigenvalue weighted by Gasteiger charge is 2.18. The van der Waals surface area contributed by atoms with Crippen molar-refractivity contribution in [2.24, 2.45) is 0 Å². The molecule has 2 rings (SSSR count). The van der Waals surface area contributed by atoms with Gasteiger partial charge in [-0.2, -0.15) is 4.68 Å². The van der Waals surface area contributed by atoms with Crippen LogP contribution in [0.15, 0.2) is 18.2 Å². The number of non-ortho nitro benzene ring substituents is 1. The second-order valence-corrected chi connectivity index (χ2v) is 4.11. The molecule has 1 aromatic heterocycles. The molecular weight excluding hydrogens is 265 g/mol. The summed E-state index contributed by atoms with van der Waals surface area (Å²) in [6.45, 7) is 1.63. The highest BCUT2D eigenvalue weighted by Crippen LogP contribution is 2.23. The van der Waals surface area contributed by atoms with Gasteiger partial charge < -0.3 is 0 Å². The van der Waals surface area contributed by atoms with E-state index in [4.69, 9.17) is 11.6 Å². The molecule has 0 radical (unpaired) electrons. The number of halogens is 2. The molecule has 0 fully saturated rings. The van der Waals surface area contributed by atoms with E-state index in [1.807, 2.05) is 0 Å². The zero-order chi connectivity index (χ0) is 13.3. The first kappa shape index (κ1) is 12.4. The summed E-state index contributed by atoms with van der Waals surface area (Å²) in [5, 5.41) is 20.6. The van der Waals surface area contributed by atoms with Gasteiger partial charge in [-0.15, -0.1) is 16.7 Å². The Morgan fingerprint density at radius 1 is 1.56 bits per heavy atom. The number of tetrazole rings is 1. The van der Waals surface area contributed by atoms with Crippen molar-refractivity contribution in [3.63, 3.8) is 0 Å². The predicted molar refractivity (Wildman–Crippen MR) is 60.0 cm³/mol. The minimum absolute atomic E-state index is 0.00750. The third kappa shape index (κ3) is 2.14. The lowest BCUT2D eigenvalue weighted by molar-refractivity contribution is -0.385. The van der Waals surface area contributed by atoms with E-state index < -0.39 is 16.1 Å². The molecule has 1 unspecified atom stereocenters. The zero-order valence-corrected chi connectivity index (χ0v) is 9.87. The minimum Gasteiger partial charge on any atom is -0.258 e. The summed E-state index contributed by atoms with van der Waals surface area (Å²) in [4.78, 5) is 9.81. The fraction of sp³-hybridized carbons (Fsp3) is 0.222. The fourth-order valence-electron chi connectivity index (χ4n) is 1.39. The molecule has 0 saturated heterocycles. The molecule has 18 heavy (non-hydrogen) atoms. The van der Waals surface area contributed by atoms with E-state index in [1.54, 1.807) is 6.92 Å². The third-order valence-corrected chi connectivity index (χ3v) is 2.41. The highest BCUT2D eigenvalue weighted by atomic mass is 35.5. The number of nitro groups is 1. The maximum Gasteiger partial charge on any atom is 0.272 e. The molecule has 0 aliphatic carbocycles. The summed E-state index contributed by atoms with van der Waals surface area (Å²) in [5.41, 5.74) is -0.335. The first-order valence-electron chi connectivity index (χ1n) is 4.87. The van der Waals surface area contributed by atoms with E-state index in [0.717, 1.165) is 10.7 Å². The Morgan fingerprint density at radius 2 is 2.28 bits per heavy atom. The van der Waals surface area contributed by atoms with Gasteiger partial charge in [-0.05, 0) is 23.4 Å². The lowest BCUT2D eigenvalue weighted by Crippen LogP contribution is -2.06. The van der Waals surface area contributed by atoms with Crippen LogP contribution in [0, 0.1) is 15.9 Å². The molecule has 9 heteroatoms. The Hall–Kier alpha value is -2.09. The van der Waals surface area contributed by atoms with Crippen LogP contribution in [-0.2, 0) is 0 Å². The number of hydrogen-bond donors (Lipinski definition) is 0. The first-order chi connectivity index (χ1) is 8.50. The standard InChI is InChI=1S/C9H7ClFN5O2/c1-5(10)9-12-13-14-15(9)8-3-2-6(16(17)18)4-7(8)11/h2-5H,1H3. The van der Waals surface area contributed by atoms with Crippen molar-refractivity contribution in [3.8, 4) is 5.69 Å². The van der Waals surface area contributed by atoms with E-state index in [-0.39, 0.29) is 17.2 Å². The van der Waals surface area contributed by atoms with E-state index in [1.165, 1.54) is 12.1 Å². The van der Waals surface area contributed by atoms with Gasteiger partial charge in [-0.25, -0.2) is 4.39 Å². The van der Waals surface area contributed by atoms with Crippen LogP contribution in [0.1, 0.15) is 18.1 Å². The topological polar surface area (TPSA) is 86.7 Å². The van der Waals surface area contributed by atoms with Crippen LogP contribution in [0.5, 0.6) is 0 Å². The van der Waals surface area contributed by atoms with Crippen LogP contribution in [0.3, 0.4) is 0 Å². The van der Waals surface area contributed by atoms with Crippen molar-refractivity contribution in [3.05, 3.63) is 40.0 Å². The van der Waals surface area contributed by atoms with Crippen LogP contribution in [-0.4, -0.2) is 25.1 Å². The van der Waals surface area contributed by atoms with Gasteiger partial charge in [-0.1, -0.05) is 0 Å². The number of nitrogens with zero attached hydrogens (tertiary/aromatic N) is 5. The van der Waals surface area contributed by atoms with E-state index in [9.17, 15) is 14.5 Å². The summed E-state index contributed by atoms with van der Waals surface area (Å²) in [5.74, 6) is -0.542. The molecule has 0 aliphatic rings. The number of rotatable bonds is 3. The van der Waals surface area contributed by atoms with Crippen LogP contribution >= 0.6 is 11.6 Å². The Labute approximate surface area is 105 Å². The molecule has 2 aromatic rings. The maximum absolute atomic E-state index is 13.8. The smallest absolute Gasteiger partial charge is 0.258 e. The van der Waals surface area contributed by atoms with Crippen molar-refractivity contribution >= 4 is 17.3 Å². The quantitative estimate of drug-likeness (QED) is 0.484. The van der Waals surface area contributed by atoms with Gasteiger partial charge in [0.05, 0.1) is 16.4 Å². The number of nitro benzene ring substituents is 1. The monoisotopic (exact) mass is 271 g/mol. The van der Waals surface area contributed by atoms with E-state index >= 15 is 0 Å². The predicted octanol–water partition coefficient (Wildman–Crippen LogP) is 2.01. The normalized spacial score (nSPS) is 12.4. The van der Waals surface area contributed by atoms with E-state index in [2.05, 4.69) is 15.5 Å². The highest BCUT2D eigenvalue weighted by molar-refractivity contribution is 6.20. The first-order valence-corrected chi connectivity index (χ1v) is 5.31. The number of alkyl halides is 1. The third-order valence-electron chi connectivity index (χ3n) is 2.22. The van der Waals surface area contributed by atoms with Gasteiger partial charge in [0.15, 0.2) is 11.6 Å². The molecular formula is C9H7ClFN5O2. The molecule has 0 aliphatic heterocycles. The molecule has 0 saturated carbocycles. The van der Waals surface area contributed by atoms with Gasteiger partial charge in [-0.3, -0.25) is 10.1 Å². The Balaban J connectivity index is 2.51. The SMILES string of the molecule is CC(Cl)c1nnnn1-c1ccc([N+](=O)[O-])cc1F. The molecule has 0 N–H and O–H groups in total. The second-order valence-electron chi connectivity index (χ2n) is 3.46. The Bertz CT molecular complexity index is 600. The number of hydrogen-bond acceptors (Lipinski definition) is 5. The molecule has 1 heterocycles. The molecule has 1 aromatic carbocycles. The van der Waals surface area contributed by atoms with Gasteiger partial charge in [0.2, 0.25) is 0 Å². The summed E-state index contributed by atoms with van der Waals surface area (Å²) < 4.78 is 14.9. The average Bonchev–Trinajstić information content (AvgIpc) is 2.77. The molecule has 94 valence electrons. The number of aromatic nitrogens is 4. The molecule has 0 amide bonds. The number of benzene rings is 1. The molecule has 0 bridgehead atoms. The van der Waals surface area contributed by atoms with Crippen LogP contribution in [0.25, 0.3) is 5.69 Å². The van der Waals surface area contributed by atoms with Crippen LogP contribution in [0.4, 0.5) is 10.1 Å². The summed E-state index contributed by atoms with van der Waals surface area (Å²) in [6.07, 6.45) is 0. The largest absolute Gasteiger partial charge is 0.272 e. The Morgan fingerprint density at radius 3 is 2.83 bits per heavy atom. The van der Waals surface area contributed by atoms with Gasteiger partial charge >= 0.3 is 0 Å². The van der Waals surface area contributed by atoms with Gasteiger partial charge in [0.25, 0.3) is 5.69 Å². The Kier molecular flexibility index (Phi) is 3.19. The zero-order valence-electron chi connectivity index (χ0n) is 9.12. The molecule has 7 nitrogen and oxygen atoms in total. The van der Waals surface area contributed by atoms with Crippen molar-refractivity contribution < 1.29 is 9.31 Å². The lowest BCUT2D eigenvalue weighted by Gasteiger charge is -2.06. The average molecular weight is 272 g/mol. The lowest BCUT2D eigenvalue weighted by atomic mass is 10.2. The van der Waals surface area contributed by atoms with Crippen molar-refractivity contribution in [2.75, 3.05) is 0 Å². The van der Waals surface area contributed by atoms with Crippen molar-refractivity contribution in [1.29, 1.82) is 0 Å². The summed E-state index contributed by atoms with van der Waals surface area (Å²) >= 11 is 5.84. The summed E-state index contributed by atoms with van der Waals surface area (Å²) in [6, 6.07) is 3.20. The maximum atomic E-state index is 13.8. The molecule has 0 spiro atoms. The van der Waals surface area contributed by atoms with Crippen LogP contribution < -0.4 is 0 Å². The minimum atomic E-state index is -0.796. The van der Waals surface area contributed by atoms with Crippen molar-refractivity contribution in [2.45, 2.75) is 12.3 Å². The van der Waals surface area contributed by atoms with Gasteiger partial charge in [0, 0.05) is 6.07 Å². The van der Waals surface area contributed by atoms with E-state index in [0.29, 0.717) is 0 Å². The fourth-order valence-corrected chi connectivity index (χ4v) is 1.53. The second kappa shape index (κ2) is 4.65. The van der Waals surface area contributed by atoms with Crippen LogP contribution in [0.2, 0.25) is 0 Å². The van der Waals surface area contributed by atoms with Crippen molar-refractivity contribution in [1.82, 2.24) is 20.2 Å². The summed E-state index contributed by atoms with van der Waals surface area (Å²) in [7, 11) is 0.